The predicted molar refractivity (Wildman–Crippen MR) is 72.6 cm³/mol. The molecule has 0 spiro atoms. The molecule has 0 radical (unpaired) electrons. The van der Waals surface area contributed by atoms with Crippen molar-refractivity contribution in [1.29, 1.82) is 0 Å². The van der Waals surface area contributed by atoms with Gasteiger partial charge in [0.25, 0.3) is 0 Å². The molecular weight excluding hydrogens is 269 g/mol. The van der Waals surface area contributed by atoms with Crippen LogP contribution in [0.2, 0.25) is 0 Å². The third kappa shape index (κ3) is 5.21. The van der Waals surface area contributed by atoms with Crippen LogP contribution in [0.25, 0.3) is 0 Å². The van der Waals surface area contributed by atoms with Gasteiger partial charge in [0.1, 0.15) is 0 Å². The molecule has 0 saturated heterocycles. The lowest BCUT2D eigenvalue weighted by atomic mass is 10.1. The SMILES string of the molecule is Cc1ccc(C(F)(F)F)cc1NC(=O)CNC(C)(C)C. The van der Waals surface area contributed by atoms with E-state index in [9.17, 15) is 18.0 Å². The number of amides is 1. The number of carbonyl (C=O) groups excluding carboxylic acids is 1. The van der Waals surface area contributed by atoms with Crippen LogP contribution in [0.5, 0.6) is 0 Å². The summed E-state index contributed by atoms with van der Waals surface area (Å²) in [6, 6.07) is 3.29. The number of anilines is 1. The van der Waals surface area contributed by atoms with E-state index in [1.54, 1.807) is 6.92 Å². The van der Waals surface area contributed by atoms with Gasteiger partial charge in [-0.25, -0.2) is 0 Å². The zero-order valence-corrected chi connectivity index (χ0v) is 12.0. The number of alkyl halides is 3. The molecule has 0 heterocycles. The van der Waals surface area contributed by atoms with Gasteiger partial charge in [-0.15, -0.1) is 0 Å². The van der Waals surface area contributed by atoms with Gasteiger partial charge >= 0.3 is 6.18 Å². The van der Waals surface area contributed by atoms with Crippen LogP contribution in [0.3, 0.4) is 0 Å². The lowest BCUT2D eigenvalue weighted by Crippen LogP contribution is -2.41. The zero-order valence-electron chi connectivity index (χ0n) is 12.0. The fourth-order valence-corrected chi connectivity index (χ4v) is 1.47. The zero-order chi connectivity index (χ0) is 15.6. The molecule has 0 aliphatic rings. The first-order chi connectivity index (χ1) is 8.99. The van der Waals surface area contributed by atoms with Crippen molar-refractivity contribution in [2.24, 2.45) is 0 Å². The average Bonchev–Trinajstić information content (AvgIpc) is 2.27. The van der Waals surface area contributed by atoms with Gasteiger partial charge in [-0.2, -0.15) is 13.2 Å². The summed E-state index contributed by atoms with van der Waals surface area (Å²) in [6.07, 6.45) is -4.42. The van der Waals surface area contributed by atoms with Crippen LogP contribution in [-0.4, -0.2) is 18.0 Å². The first kappa shape index (κ1) is 16.5. The van der Waals surface area contributed by atoms with Crippen LogP contribution in [0, 0.1) is 6.92 Å². The number of hydrogen-bond donors (Lipinski definition) is 2. The quantitative estimate of drug-likeness (QED) is 0.895. The Hall–Kier alpha value is -1.56. The summed E-state index contributed by atoms with van der Waals surface area (Å²) in [7, 11) is 0. The molecule has 0 saturated carbocycles. The molecule has 20 heavy (non-hydrogen) atoms. The molecule has 0 bridgehead atoms. The first-order valence-corrected chi connectivity index (χ1v) is 6.22. The minimum Gasteiger partial charge on any atom is -0.325 e. The second-order valence-electron chi connectivity index (χ2n) is 5.68. The van der Waals surface area contributed by atoms with Gasteiger partial charge in [-0.3, -0.25) is 4.79 Å². The lowest BCUT2D eigenvalue weighted by Gasteiger charge is -2.20. The molecule has 112 valence electrons. The van der Waals surface area contributed by atoms with Crippen molar-refractivity contribution in [3.05, 3.63) is 29.3 Å². The molecule has 6 heteroatoms. The molecule has 1 rings (SSSR count). The van der Waals surface area contributed by atoms with E-state index in [0.29, 0.717) is 5.56 Å². The minimum atomic E-state index is -4.42. The van der Waals surface area contributed by atoms with Crippen molar-refractivity contribution in [3.8, 4) is 0 Å². The molecular formula is C14H19F3N2O. The molecule has 0 aromatic heterocycles. The number of nitrogens with one attached hydrogen (secondary N) is 2. The highest BCUT2D eigenvalue weighted by Crippen LogP contribution is 2.31. The molecule has 0 unspecified atom stereocenters. The average molecular weight is 288 g/mol. The van der Waals surface area contributed by atoms with Crippen molar-refractivity contribution >= 4 is 11.6 Å². The number of rotatable bonds is 3. The molecule has 3 nitrogen and oxygen atoms in total. The summed E-state index contributed by atoms with van der Waals surface area (Å²) in [5.41, 5.74) is -0.245. The van der Waals surface area contributed by atoms with Crippen LogP contribution in [0.4, 0.5) is 18.9 Å². The Balaban J connectivity index is 2.79. The summed E-state index contributed by atoms with van der Waals surface area (Å²) < 4.78 is 37.8. The Bertz CT molecular complexity index is 490. The highest BCUT2D eigenvalue weighted by atomic mass is 19.4. The van der Waals surface area contributed by atoms with E-state index in [-0.39, 0.29) is 23.7 Å². The standard InChI is InChI=1S/C14H19F3N2O/c1-9-5-6-10(14(15,16)17)7-11(9)19-12(20)8-18-13(2,3)4/h5-7,18H,8H2,1-4H3,(H,19,20). The van der Waals surface area contributed by atoms with E-state index in [1.165, 1.54) is 6.07 Å². The monoisotopic (exact) mass is 288 g/mol. The largest absolute Gasteiger partial charge is 0.416 e. The van der Waals surface area contributed by atoms with Crippen molar-refractivity contribution in [2.45, 2.75) is 39.4 Å². The Morgan fingerprint density at radius 1 is 1.20 bits per heavy atom. The van der Waals surface area contributed by atoms with Crippen molar-refractivity contribution < 1.29 is 18.0 Å². The third-order valence-electron chi connectivity index (χ3n) is 2.62. The smallest absolute Gasteiger partial charge is 0.325 e. The van der Waals surface area contributed by atoms with Gasteiger partial charge < -0.3 is 10.6 Å². The summed E-state index contributed by atoms with van der Waals surface area (Å²) in [4.78, 5) is 11.7. The third-order valence-corrected chi connectivity index (χ3v) is 2.62. The van der Waals surface area contributed by atoms with Gasteiger partial charge in [-0.1, -0.05) is 6.07 Å². The van der Waals surface area contributed by atoms with Gasteiger partial charge in [0.15, 0.2) is 0 Å². The van der Waals surface area contributed by atoms with E-state index in [1.807, 2.05) is 20.8 Å². The van der Waals surface area contributed by atoms with Gasteiger partial charge in [0, 0.05) is 11.2 Å². The Morgan fingerprint density at radius 2 is 1.80 bits per heavy atom. The number of aryl methyl sites for hydroxylation is 1. The van der Waals surface area contributed by atoms with Gasteiger partial charge in [0.2, 0.25) is 5.91 Å². The Kier molecular flexibility index (Phi) is 4.81. The highest BCUT2D eigenvalue weighted by molar-refractivity contribution is 5.93. The van der Waals surface area contributed by atoms with Crippen molar-refractivity contribution in [1.82, 2.24) is 5.32 Å². The van der Waals surface area contributed by atoms with E-state index >= 15 is 0 Å². The maximum Gasteiger partial charge on any atom is 0.416 e. The molecule has 0 aliphatic heterocycles. The summed E-state index contributed by atoms with van der Waals surface area (Å²) in [5, 5.41) is 5.47. The van der Waals surface area contributed by atoms with Crippen molar-refractivity contribution in [2.75, 3.05) is 11.9 Å². The second kappa shape index (κ2) is 5.83. The molecule has 0 fully saturated rings. The lowest BCUT2D eigenvalue weighted by molar-refractivity contribution is -0.137. The molecule has 1 aromatic rings. The fourth-order valence-electron chi connectivity index (χ4n) is 1.47. The molecule has 2 N–H and O–H groups in total. The number of benzene rings is 1. The molecule has 1 aromatic carbocycles. The normalized spacial score (nSPS) is 12.3. The Labute approximate surface area is 116 Å². The van der Waals surface area contributed by atoms with Crippen LogP contribution in [0.1, 0.15) is 31.9 Å². The number of hydrogen-bond acceptors (Lipinski definition) is 2. The van der Waals surface area contributed by atoms with E-state index in [4.69, 9.17) is 0 Å². The Morgan fingerprint density at radius 3 is 2.30 bits per heavy atom. The van der Waals surface area contributed by atoms with Crippen LogP contribution < -0.4 is 10.6 Å². The van der Waals surface area contributed by atoms with Gasteiger partial charge in [-0.05, 0) is 45.4 Å². The number of halogens is 3. The van der Waals surface area contributed by atoms with Crippen LogP contribution >= 0.6 is 0 Å². The topological polar surface area (TPSA) is 41.1 Å². The predicted octanol–water partition coefficient (Wildman–Crippen LogP) is 3.34. The molecule has 1 amide bonds. The number of carbonyl (C=O) groups is 1. The van der Waals surface area contributed by atoms with Gasteiger partial charge in [0.05, 0.1) is 12.1 Å². The van der Waals surface area contributed by atoms with E-state index < -0.39 is 11.7 Å². The summed E-state index contributed by atoms with van der Waals surface area (Å²) in [5.74, 6) is -0.373. The van der Waals surface area contributed by atoms with Crippen LogP contribution in [0.15, 0.2) is 18.2 Å². The molecule has 0 atom stereocenters. The molecule has 0 aliphatic carbocycles. The fraction of sp³-hybridized carbons (Fsp3) is 0.500. The summed E-state index contributed by atoms with van der Waals surface area (Å²) >= 11 is 0. The minimum absolute atomic E-state index is 0.0409. The van der Waals surface area contributed by atoms with Crippen molar-refractivity contribution in [3.63, 3.8) is 0 Å². The maximum atomic E-state index is 12.6. The van der Waals surface area contributed by atoms with E-state index in [0.717, 1.165) is 12.1 Å². The second-order valence-corrected chi connectivity index (χ2v) is 5.68. The highest BCUT2D eigenvalue weighted by Gasteiger charge is 2.30. The summed E-state index contributed by atoms with van der Waals surface area (Å²) in [6.45, 7) is 7.38. The maximum absolute atomic E-state index is 12.6. The van der Waals surface area contributed by atoms with Crippen LogP contribution in [-0.2, 0) is 11.0 Å². The van der Waals surface area contributed by atoms with E-state index in [2.05, 4.69) is 10.6 Å². The first-order valence-electron chi connectivity index (χ1n) is 6.22.